The van der Waals surface area contributed by atoms with E-state index in [0.717, 1.165) is 32.1 Å². The summed E-state index contributed by atoms with van der Waals surface area (Å²) >= 11 is 0. The number of piperidine rings is 2. The minimum Gasteiger partial charge on any atom is -0.353 e. The van der Waals surface area contributed by atoms with E-state index in [1.54, 1.807) is 0 Å². The van der Waals surface area contributed by atoms with Gasteiger partial charge in [-0.05, 0) is 57.9 Å². The van der Waals surface area contributed by atoms with Gasteiger partial charge in [-0.15, -0.1) is 0 Å². The number of rotatable bonds is 2. The Balaban J connectivity index is 1.53. The average Bonchev–Trinajstić information content (AvgIpc) is 2.43. The van der Waals surface area contributed by atoms with Crippen LogP contribution in [0.4, 0.5) is 0 Å². The maximum Gasteiger partial charge on any atom is 0.223 e. The highest BCUT2D eigenvalue weighted by molar-refractivity contribution is 5.79. The van der Waals surface area contributed by atoms with Crippen molar-refractivity contribution < 1.29 is 4.79 Å². The fourth-order valence-electron chi connectivity index (χ4n) is 4.71. The molecule has 5 atom stereocenters. The number of carbonyl (C=O) groups is 1. The zero-order valence-electron chi connectivity index (χ0n) is 13.6. The Kier molecular flexibility index (Phi) is 4.55. The molecule has 0 aromatic rings. The van der Waals surface area contributed by atoms with Crippen LogP contribution in [-0.2, 0) is 4.79 Å². The predicted octanol–water partition coefficient (Wildman–Crippen LogP) is 1.88. The number of fused-ring (bicyclic) bond motifs is 2. The van der Waals surface area contributed by atoms with Crippen molar-refractivity contribution in [2.75, 3.05) is 7.05 Å². The smallest absolute Gasteiger partial charge is 0.223 e. The fraction of sp³-hybridized carbons (Fsp3) is 0.941. The Bertz CT molecular complexity index is 372. The van der Waals surface area contributed by atoms with Gasteiger partial charge in [0.2, 0.25) is 5.91 Å². The van der Waals surface area contributed by atoms with Crippen molar-refractivity contribution in [1.29, 1.82) is 0 Å². The number of nitrogens with two attached hydrogens (primary N) is 1. The molecule has 1 saturated carbocycles. The monoisotopic (exact) mass is 293 g/mol. The molecular weight excluding hydrogens is 262 g/mol. The largest absolute Gasteiger partial charge is 0.353 e. The summed E-state index contributed by atoms with van der Waals surface area (Å²) in [5, 5.41) is 3.37. The average molecular weight is 293 g/mol. The van der Waals surface area contributed by atoms with E-state index in [4.69, 9.17) is 5.73 Å². The van der Waals surface area contributed by atoms with Gasteiger partial charge in [-0.3, -0.25) is 4.79 Å². The van der Waals surface area contributed by atoms with E-state index in [0.29, 0.717) is 30.0 Å². The van der Waals surface area contributed by atoms with Crippen LogP contribution in [0.1, 0.15) is 58.3 Å². The van der Waals surface area contributed by atoms with Crippen molar-refractivity contribution in [2.45, 2.75) is 82.5 Å². The minimum absolute atomic E-state index is 0.194. The van der Waals surface area contributed by atoms with Gasteiger partial charge in [0.05, 0.1) is 0 Å². The van der Waals surface area contributed by atoms with Gasteiger partial charge in [0.1, 0.15) is 0 Å². The van der Waals surface area contributed by atoms with Crippen molar-refractivity contribution in [3.8, 4) is 0 Å². The Hall–Kier alpha value is -0.610. The second kappa shape index (κ2) is 6.25. The van der Waals surface area contributed by atoms with Crippen LogP contribution in [0.25, 0.3) is 0 Å². The summed E-state index contributed by atoms with van der Waals surface area (Å²) in [4.78, 5) is 15.1. The highest BCUT2D eigenvalue weighted by Gasteiger charge is 2.37. The summed E-state index contributed by atoms with van der Waals surface area (Å²) < 4.78 is 0. The third-order valence-electron chi connectivity index (χ3n) is 6.29. The molecule has 4 nitrogen and oxygen atoms in total. The van der Waals surface area contributed by atoms with Crippen LogP contribution in [0.2, 0.25) is 0 Å². The molecule has 2 bridgehead atoms. The maximum atomic E-state index is 12.6. The van der Waals surface area contributed by atoms with Crippen molar-refractivity contribution >= 4 is 5.91 Å². The quantitative estimate of drug-likeness (QED) is 0.817. The minimum atomic E-state index is 0.194. The number of carbonyl (C=O) groups excluding carboxylic acids is 1. The Morgan fingerprint density at radius 2 is 1.76 bits per heavy atom. The molecule has 0 spiro atoms. The lowest BCUT2D eigenvalue weighted by Crippen LogP contribution is -2.56. The molecular formula is C17H31N3O. The van der Waals surface area contributed by atoms with Crippen LogP contribution >= 0.6 is 0 Å². The van der Waals surface area contributed by atoms with Gasteiger partial charge >= 0.3 is 0 Å². The molecule has 21 heavy (non-hydrogen) atoms. The van der Waals surface area contributed by atoms with Gasteiger partial charge in [-0.25, -0.2) is 0 Å². The summed E-state index contributed by atoms with van der Waals surface area (Å²) in [6.45, 7) is 2.18. The van der Waals surface area contributed by atoms with E-state index in [2.05, 4.69) is 24.2 Å². The lowest BCUT2D eigenvalue weighted by atomic mass is 9.78. The highest BCUT2D eigenvalue weighted by Crippen LogP contribution is 2.33. The van der Waals surface area contributed by atoms with Gasteiger partial charge < -0.3 is 16.0 Å². The third kappa shape index (κ3) is 3.26. The topological polar surface area (TPSA) is 58.4 Å². The molecule has 3 N–H and O–H groups in total. The van der Waals surface area contributed by atoms with Crippen molar-refractivity contribution in [3.63, 3.8) is 0 Å². The SMILES string of the molecule is CC1CC(C(=O)NC2CC3CCCC(C2)N3C)CCC1N. The number of hydrogen-bond donors (Lipinski definition) is 2. The number of amides is 1. The van der Waals surface area contributed by atoms with E-state index in [-0.39, 0.29) is 12.0 Å². The zero-order chi connectivity index (χ0) is 15.0. The van der Waals surface area contributed by atoms with Gasteiger partial charge in [0.25, 0.3) is 0 Å². The molecule has 0 aromatic carbocycles. The summed E-state index contributed by atoms with van der Waals surface area (Å²) in [5.74, 6) is 0.965. The molecule has 3 fully saturated rings. The van der Waals surface area contributed by atoms with Crippen molar-refractivity contribution in [2.24, 2.45) is 17.6 Å². The standard InChI is InChI=1S/C17H31N3O/c1-11-8-12(6-7-16(11)18)17(21)19-13-9-14-4-3-5-15(10-13)20(14)2/h11-16H,3-10,18H2,1-2H3,(H,19,21). The predicted molar refractivity (Wildman–Crippen MR) is 84.8 cm³/mol. The second-order valence-electron chi connectivity index (χ2n) is 7.73. The Morgan fingerprint density at radius 1 is 1.10 bits per heavy atom. The van der Waals surface area contributed by atoms with Crippen LogP contribution in [0.5, 0.6) is 0 Å². The molecule has 2 heterocycles. The summed E-state index contributed by atoms with van der Waals surface area (Å²) in [6, 6.07) is 2.05. The van der Waals surface area contributed by atoms with Crippen LogP contribution in [0.3, 0.4) is 0 Å². The van der Waals surface area contributed by atoms with E-state index in [9.17, 15) is 4.79 Å². The molecule has 120 valence electrons. The molecule has 5 unspecified atom stereocenters. The van der Waals surface area contributed by atoms with E-state index < -0.39 is 0 Å². The third-order valence-corrected chi connectivity index (χ3v) is 6.29. The van der Waals surface area contributed by atoms with E-state index in [1.165, 1.54) is 19.3 Å². The maximum absolute atomic E-state index is 12.6. The second-order valence-corrected chi connectivity index (χ2v) is 7.73. The normalized spacial score (nSPS) is 44.3. The molecule has 4 heteroatoms. The number of hydrogen-bond acceptors (Lipinski definition) is 3. The van der Waals surface area contributed by atoms with Crippen molar-refractivity contribution in [1.82, 2.24) is 10.2 Å². The molecule has 1 aliphatic carbocycles. The molecule has 3 aliphatic rings. The first-order valence-electron chi connectivity index (χ1n) is 8.82. The number of nitrogens with one attached hydrogen (secondary N) is 1. The first kappa shape index (κ1) is 15.3. The van der Waals surface area contributed by atoms with E-state index >= 15 is 0 Å². The lowest BCUT2D eigenvalue weighted by molar-refractivity contribution is -0.128. The van der Waals surface area contributed by atoms with Crippen LogP contribution < -0.4 is 11.1 Å². The van der Waals surface area contributed by atoms with Crippen LogP contribution in [0.15, 0.2) is 0 Å². The van der Waals surface area contributed by atoms with Crippen LogP contribution in [-0.4, -0.2) is 42.0 Å². The van der Waals surface area contributed by atoms with Gasteiger partial charge in [0.15, 0.2) is 0 Å². The highest BCUT2D eigenvalue weighted by atomic mass is 16.1. The van der Waals surface area contributed by atoms with Gasteiger partial charge in [-0.2, -0.15) is 0 Å². The van der Waals surface area contributed by atoms with Crippen LogP contribution in [0, 0.1) is 11.8 Å². The summed E-state index contributed by atoms with van der Waals surface area (Å²) in [6.07, 6.45) is 9.17. The lowest BCUT2D eigenvalue weighted by Gasteiger charge is -2.47. The fourth-order valence-corrected chi connectivity index (χ4v) is 4.71. The zero-order valence-corrected chi connectivity index (χ0v) is 13.6. The molecule has 2 saturated heterocycles. The van der Waals surface area contributed by atoms with Gasteiger partial charge in [-0.1, -0.05) is 13.3 Å². The summed E-state index contributed by atoms with van der Waals surface area (Å²) in [5.41, 5.74) is 6.06. The first-order chi connectivity index (χ1) is 10.0. The molecule has 0 radical (unpaired) electrons. The molecule has 1 amide bonds. The Morgan fingerprint density at radius 3 is 2.38 bits per heavy atom. The summed E-state index contributed by atoms with van der Waals surface area (Å²) in [7, 11) is 2.26. The first-order valence-corrected chi connectivity index (χ1v) is 8.82. The van der Waals surface area contributed by atoms with E-state index in [1.807, 2.05) is 0 Å². The number of nitrogens with zero attached hydrogens (tertiary/aromatic N) is 1. The van der Waals surface area contributed by atoms with Gasteiger partial charge in [0, 0.05) is 30.1 Å². The Labute approximate surface area is 128 Å². The molecule has 0 aromatic heterocycles. The van der Waals surface area contributed by atoms with Crippen molar-refractivity contribution in [3.05, 3.63) is 0 Å². The molecule has 3 rings (SSSR count). The molecule has 2 aliphatic heterocycles.